The summed E-state index contributed by atoms with van der Waals surface area (Å²) in [4.78, 5) is 22.0. The highest BCUT2D eigenvalue weighted by molar-refractivity contribution is 5.74. The van der Waals surface area contributed by atoms with Crippen LogP contribution in [0.3, 0.4) is 0 Å². The summed E-state index contributed by atoms with van der Waals surface area (Å²) in [6.45, 7) is 8.60. The van der Waals surface area contributed by atoms with Gasteiger partial charge in [0.1, 0.15) is 0 Å². The van der Waals surface area contributed by atoms with Gasteiger partial charge in [0, 0.05) is 18.5 Å². The smallest absolute Gasteiger partial charge is 0.315 e. The van der Waals surface area contributed by atoms with Crippen LogP contribution in [0.15, 0.2) is 12.7 Å². The lowest BCUT2D eigenvalue weighted by Gasteiger charge is -2.25. The number of nitrogens with one attached hydrogen (secondary N) is 2. The number of hydrogen-bond donors (Lipinski definition) is 3. The molecule has 19 heavy (non-hydrogen) atoms. The molecule has 0 aromatic rings. The lowest BCUT2D eigenvalue weighted by atomic mass is 9.99. The fourth-order valence-corrected chi connectivity index (χ4v) is 1.34. The molecule has 0 rings (SSSR count). The lowest BCUT2D eigenvalue weighted by molar-refractivity contribution is -0.137. The number of ether oxygens (including phenoxy) is 1. The van der Waals surface area contributed by atoms with Crippen LogP contribution in [0.5, 0.6) is 0 Å². The second-order valence-corrected chi connectivity index (χ2v) is 4.85. The van der Waals surface area contributed by atoms with Crippen molar-refractivity contribution in [2.45, 2.75) is 38.6 Å². The van der Waals surface area contributed by atoms with Crippen LogP contribution in [0.1, 0.15) is 33.1 Å². The van der Waals surface area contributed by atoms with E-state index in [1.54, 1.807) is 19.9 Å². The third-order valence-electron chi connectivity index (χ3n) is 2.41. The van der Waals surface area contributed by atoms with Gasteiger partial charge in [0.05, 0.1) is 13.2 Å². The van der Waals surface area contributed by atoms with Gasteiger partial charge in [0.15, 0.2) is 0 Å². The van der Waals surface area contributed by atoms with Crippen LogP contribution >= 0.6 is 0 Å². The van der Waals surface area contributed by atoms with E-state index >= 15 is 0 Å². The van der Waals surface area contributed by atoms with Crippen molar-refractivity contribution >= 4 is 12.0 Å². The van der Waals surface area contributed by atoms with E-state index in [9.17, 15) is 9.59 Å². The minimum absolute atomic E-state index is 0.0257. The molecule has 3 N–H and O–H groups in total. The molecule has 0 aromatic heterocycles. The van der Waals surface area contributed by atoms with E-state index < -0.39 is 11.5 Å². The van der Waals surface area contributed by atoms with Gasteiger partial charge in [-0.15, -0.1) is 6.58 Å². The Labute approximate surface area is 114 Å². The quantitative estimate of drug-likeness (QED) is 0.415. The standard InChI is InChI=1S/C13H24N2O4/c1-4-5-9-19-10-8-14-12(18)15-13(2,3)7-6-11(16)17/h4H,1,5-10H2,2-3H3,(H,16,17)(H2,14,15,18). The van der Waals surface area contributed by atoms with Crippen LogP contribution in [0.2, 0.25) is 0 Å². The Morgan fingerprint density at radius 3 is 2.63 bits per heavy atom. The Hall–Kier alpha value is -1.56. The Morgan fingerprint density at radius 2 is 2.05 bits per heavy atom. The second-order valence-electron chi connectivity index (χ2n) is 4.85. The van der Waals surface area contributed by atoms with E-state index in [4.69, 9.17) is 9.84 Å². The molecule has 0 atom stereocenters. The third-order valence-corrected chi connectivity index (χ3v) is 2.41. The minimum atomic E-state index is -0.870. The molecular weight excluding hydrogens is 248 g/mol. The third kappa shape index (κ3) is 11.3. The first-order chi connectivity index (χ1) is 8.87. The molecule has 0 aliphatic heterocycles. The molecule has 0 saturated heterocycles. The molecule has 0 unspecified atom stereocenters. The zero-order valence-electron chi connectivity index (χ0n) is 11.7. The summed E-state index contributed by atoms with van der Waals surface area (Å²) in [5.41, 5.74) is -0.549. The SMILES string of the molecule is C=CCCOCCNC(=O)NC(C)(C)CCC(=O)O. The van der Waals surface area contributed by atoms with Crippen molar-refractivity contribution in [2.75, 3.05) is 19.8 Å². The van der Waals surface area contributed by atoms with Crippen LogP contribution in [-0.2, 0) is 9.53 Å². The Bertz CT molecular complexity index is 303. The molecule has 0 aromatic carbocycles. The molecule has 0 aliphatic rings. The summed E-state index contributed by atoms with van der Waals surface area (Å²) in [6, 6.07) is -0.317. The second kappa shape index (κ2) is 9.38. The van der Waals surface area contributed by atoms with Gasteiger partial charge in [-0.2, -0.15) is 0 Å². The Kier molecular flexibility index (Phi) is 8.61. The first-order valence-electron chi connectivity index (χ1n) is 6.34. The zero-order valence-corrected chi connectivity index (χ0v) is 11.7. The van der Waals surface area contributed by atoms with Crippen molar-refractivity contribution < 1.29 is 19.4 Å². The van der Waals surface area contributed by atoms with Gasteiger partial charge in [-0.1, -0.05) is 6.08 Å². The van der Waals surface area contributed by atoms with Gasteiger partial charge < -0.3 is 20.5 Å². The molecule has 0 aliphatic carbocycles. The molecule has 6 nitrogen and oxygen atoms in total. The first-order valence-corrected chi connectivity index (χ1v) is 6.34. The van der Waals surface area contributed by atoms with E-state index in [-0.39, 0.29) is 12.5 Å². The van der Waals surface area contributed by atoms with Crippen molar-refractivity contribution in [3.05, 3.63) is 12.7 Å². The summed E-state index contributed by atoms with van der Waals surface area (Å²) in [6.07, 6.45) is 2.96. The molecule has 2 amide bonds. The number of aliphatic carboxylic acids is 1. The summed E-state index contributed by atoms with van der Waals surface area (Å²) in [5.74, 6) is -0.870. The summed E-state index contributed by atoms with van der Waals surface area (Å²) in [5, 5.41) is 14.0. The predicted octanol–water partition coefficient (Wildman–Crippen LogP) is 1.52. The van der Waals surface area contributed by atoms with E-state index in [2.05, 4.69) is 17.2 Å². The van der Waals surface area contributed by atoms with Crippen LogP contribution in [0.25, 0.3) is 0 Å². The van der Waals surface area contributed by atoms with Crippen molar-refractivity contribution in [1.82, 2.24) is 10.6 Å². The zero-order chi connectivity index (χ0) is 14.7. The summed E-state index contributed by atoms with van der Waals surface area (Å²) >= 11 is 0. The van der Waals surface area contributed by atoms with E-state index in [0.29, 0.717) is 26.2 Å². The Morgan fingerprint density at radius 1 is 1.37 bits per heavy atom. The van der Waals surface area contributed by atoms with Crippen molar-refractivity contribution in [1.29, 1.82) is 0 Å². The fourth-order valence-electron chi connectivity index (χ4n) is 1.34. The molecule has 0 fully saturated rings. The van der Waals surface area contributed by atoms with E-state index in [1.807, 2.05) is 0 Å². The highest BCUT2D eigenvalue weighted by Gasteiger charge is 2.21. The molecular formula is C13H24N2O4. The van der Waals surface area contributed by atoms with Crippen molar-refractivity contribution in [3.8, 4) is 0 Å². The monoisotopic (exact) mass is 272 g/mol. The predicted molar refractivity (Wildman–Crippen MR) is 73.1 cm³/mol. The number of urea groups is 1. The average Bonchev–Trinajstić information content (AvgIpc) is 2.31. The van der Waals surface area contributed by atoms with Crippen molar-refractivity contribution in [2.24, 2.45) is 0 Å². The van der Waals surface area contributed by atoms with Crippen LogP contribution in [-0.4, -0.2) is 42.4 Å². The summed E-state index contributed by atoms with van der Waals surface area (Å²) < 4.78 is 5.24. The number of carbonyl (C=O) groups excluding carboxylic acids is 1. The van der Waals surface area contributed by atoms with Crippen LogP contribution in [0, 0.1) is 0 Å². The number of carboxylic acid groups (broad SMARTS) is 1. The average molecular weight is 272 g/mol. The number of amides is 2. The van der Waals surface area contributed by atoms with Gasteiger partial charge in [-0.25, -0.2) is 4.79 Å². The fraction of sp³-hybridized carbons (Fsp3) is 0.692. The number of carbonyl (C=O) groups is 2. The van der Waals surface area contributed by atoms with Crippen LogP contribution in [0.4, 0.5) is 4.79 Å². The molecule has 0 spiro atoms. The Balaban J connectivity index is 3.71. The molecule has 0 heterocycles. The molecule has 0 saturated carbocycles. The van der Waals surface area contributed by atoms with Crippen LogP contribution < -0.4 is 10.6 Å². The highest BCUT2D eigenvalue weighted by atomic mass is 16.5. The van der Waals surface area contributed by atoms with E-state index in [0.717, 1.165) is 6.42 Å². The molecule has 110 valence electrons. The minimum Gasteiger partial charge on any atom is -0.481 e. The maximum atomic E-state index is 11.6. The van der Waals surface area contributed by atoms with Gasteiger partial charge in [-0.05, 0) is 26.7 Å². The highest BCUT2D eigenvalue weighted by Crippen LogP contribution is 2.10. The molecule has 0 radical (unpaired) electrons. The number of rotatable bonds is 10. The van der Waals surface area contributed by atoms with Gasteiger partial charge >= 0.3 is 12.0 Å². The van der Waals surface area contributed by atoms with Crippen molar-refractivity contribution in [3.63, 3.8) is 0 Å². The maximum Gasteiger partial charge on any atom is 0.315 e. The molecule has 6 heteroatoms. The topological polar surface area (TPSA) is 87.7 Å². The van der Waals surface area contributed by atoms with Gasteiger partial charge in [0.25, 0.3) is 0 Å². The van der Waals surface area contributed by atoms with Gasteiger partial charge in [-0.3, -0.25) is 4.79 Å². The molecule has 0 bridgehead atoms. The van der Waals surface area contributed by atoms with Gasteiger partial charge in [0.2, 0.25) is 0 Å². The number of carboxylic acids is 1. The first kappa shape index (κ1) is 17.4. The van der Waals surface area contributed by atoms with E-state index in [1.165, 1.54) is 0 Å². The lowest BCUT2D eigenvalue weighted by Crippen LogP contribution is -2.49. The normalized spacial score (nSPS) is 10.8. The summed E-state index contributed by atoms with van der Waals surface area (Å²) in [7, 11) is 0. The number of hydrogen-bond acceptors (Lipinski definition) is 3. The maximum absolute atomic E-state index is 11.6. The largest absolute Gasteiger partial charge is 0.481 e.